The quantitative estimate of drug-likeness (QED) is 0.599. The van der Waals surface area contributed by atoms with Crippen LogP contribution in [-0.4, -0.2) is 9.61 Å². The lowest BCUT2D eigenvalue weighted by atomic mass is 10.1. The summed E-state index contributed by atoms with van der Waals surface area (Å²) in [5, 5.41) is 4.34. The molecule has 3 aromatic rings. The van der Waals surface area contributed by atoms with Crippen LogP contribution in [0.25, 0.3) is 16.6 Å². The molecule has 0 bridgehead atoms. The monoisotopic (exact) mass is 208 g/mol. The summed E-state index contributed by atoms with van der Waals surface area (Å²) in [6.07, 6.45) is 3.89. The Labute approximate surface area is 94.2 Å². The fraction of sp³-hybridized carbons (Fsp3) is 0.0714. The van der Waals surface area contributed by atoms with E-state index in [0.717, 1.165) is 5.52 Å². The van der Waals surface area contributed by atoms with Crippen molar-refractivity contribution >= 4 is 5.52 Å². The van der Waals surface area contributed by atoms with Crippen molar-refractivity contribution in [3.05, 3.63) is 60.4 Å². The lowest BCUT2D eigenvalue weighted by molar-refractivity contribution is 0.961. The molecule has 0 spiro atoms. The number of fused-ring (bicyclic) bond motifs is 1. The van der Waals surface area contributed by atoms with E-state index in [-0.39, 0.29) is 0 Å². The van der Waals surface area contributed by atoms with Gasteiger partial charge in [-0.1, -0.05) is 35.9 Å². The van der Waals surface area contributed by atoms with Gasteiger partial charge in [0.2, 0.25) is 0 Å². The van der Waals surface area contributed by atoms with Gasteiger partial charge in [0.25, 0.3) is 0 Å². The van der Waals surface area contributed by atoms with E-state index >= 15 is 0 Å². The van der Waals surface area contributed by atoms with Gasteiger partial charge in [0, 0.05) is 11.8 Å². The number of aromatic nitrogens is 2. The van der Waals surface area contributed by atoms with Crippen molar-refractivity contribution in [2.75, 3.05) is 0 Å². The summed E-state index contributed by atoms with van der Waals surface area (Å²) >= 11 is 0. The van der Waals surface area contributed by atoms with Crippen molar-refractivity contribution in [2.45, 2.75) is 6.92 Å². The molecule has 2 heteroatoms. The lowest BCUT2D eigenvalue weighted by Crippen LogP contribution is -1.83. The third-order valence-corrected chi connectivity index (χ3v) is 2.76. The van der Waals surface area contributed by atoms with Crippen molar-refractivity contribution in [3.8, 4) is 11.1 Å². The molecule has 0 saturated heterocycles. The van der Waals surface area contributed by atoms with E-state index in [2.05, 4.69) is 42.4 Å². The zero-order chi connectivity index (χ0) is 11.0. The van der Waals surface area contributed by atoms with E-state index in [0.29, 0.717) is 0 Å². The molecule has 0 atom stereocenters. The first-order valence-corrected chi connectivity index (χ1v) is 5.34. The Kier molecular flexibility index (Phi) is 2.00. The molecule has 0 N–H and O–H groups in total. The zero-order valence-electron chi connectivity index (χ0n) is 9.09. The van der Waals surface area contributed by atoms with Gasteiger partial charge in [0.1, 0.15) is 0 Å². The van der Waals surface area contributed by atoms with Crippen LogP contribution in [0.15, 0.2) is 54.9 Å². The molecule has 1 aromatic carbocycles. The maximum atomic E-state index is 4.34. The normalized spacial score (nSPS) is 10.8. The van der Waals surface area contributed by atoms with Crippen LogP contribution < -0.4 is 0 Å². The van der Waals surface area contributed by atoms with Crippen molar-refractivity contribution < 1.29 is 0 Å². The Morgan fingerprint density at radius 1 is 1.06 bits per heavy atom. The number of nitrogens with zero attached hydrogens (tertiary/aromatic N) is 2. The van der Waals surface area contributed by atoms with Crippen LogP contribution in [0.1, 0.15) is 5.56 Å². The first-order chi connectivity index (χ1) is 7.84. The van der Waals surface area contributed by atoms with E-state index in [1.807, 2.05) is 29.0 Å². The highest BCUT2D eigenvalue weighted by molar-refractivity contribution is 5.79. The summed E-state index contributed by atoms with van der Waals surface area (Å²) in [5.74, 6) is 0. The largest absolute Gasteiger partial charge is 0.240 e. The highest BCUT2D eigenvalue weighted by Crippen LogP contribution is 2.24. The van der Waals surface area contributed by atoms with Gasteiger partial charge in [-0.25, -0.2) is 4.52 Å². The van der Waals surface area contributed by atoms with Crippen LogP contribution >= 0.6 is 0 Å². The second-order valence-electron chi connectivity index (χ2n) is 3.96. The molecule has 0 aliphatic carbocycles. The topological polar surface area (TPSA) is 17.3 Å². The summed E-state index contributed by atoms with van der Waals surface area (Å²) in [7, 11) is 0. The van der Waals surface area contributed by atoms with Crippen molar-refractivity contribution in [1.29, 1.82) is 0 Å². The zero-order valence-corrected chi connectivity index (χ0v) is 9.09. The second-order valence-corrected chi connectivity index (χ2v) is 3.96. The molecule has 0 fully saturated rings. The molecule has 78 valence electrons. The molecule has 0 radical (unpaired) electrons. The molecule has 2 nitrogen and oxygen atoms in total. The van der Waals surface area contributed by atoms with E-state index in [1.165, 1.54) is 16.7 Å². The summed E-state index contributed by atoms with van der Waals surface area (Å²) < 4.78 is 1.90. The number of benzene rings is 1. The van der Waals surface area contributed by atoms with Gasteiger partial charge in [0.15, 0.2) is 0 Å². The SMILES string of the molecule is Cc1cccc(-c2cnn3ccccc23)c1. The molecular formula is C14H12N2. The molecule has 0 saturated carbocycles. The van der Waals surface area contributed by atoms with Gasteiger partial charge in [-0.05, 0) is 24.6 Å². The fourth-order valence-corrected chi connectivity index (χ4v) is 1.97. The standard InChI is InChI=1S/C14H12N2/c1-11-5-4-6-12(9-11)13-10-15-16-8-3-2-7-14(13)16/h2-10H,1H3. The van der Waals surface area contributed by atoms with Crippen molar-refractivity contribution in [3.63, 3.8) is 0 Å². The molecule has 2 aromatic heterocycles. The molecule has 0 unspecified atom stereocenters. The minimum atomic E-state index is 1.15. The highest BCUT2D eigenvalue weighted by atomic mass is 15.2. The first kappa shape index (κ1) is 9.16. The molecule has 0 amide bonds. The lowest BCUT2D eigenvalue weighted by Gasteiger charge is -2.00. The van der Waals surface area contributed by atoms with Crippen LogP contribution in [-0.2, 0) is 0 Å². The van der Waals surface area contributed by atoms with Gasteiger partial charge in [-0.15, -0.1) is 0 Å². The average Bonchev–Trinajstić information content (AvgIpc) is 2.72. The van der Waals surface area contributed by atoms with Crippen molar-refractivity contribution in [2.24, 2.45) is 0 Å². The van der Waals surface area contributed by atoms with E-state index < -0.39 is 0 Å². The summed E-state index contributed by atoms with van der Waals surface area (Å²) in [5.41, 5.74) is 4.83. The smallest absolute Gasteiger partial charge is 0.0740 e. The van der Waals surface area contributed by atoms with Crippen molar-refractivity contribution in [1.82, 2.24) is 9.61 Å². The Hall–Kier alpha value is -2.09. The molecular weight excluding hydrogens is 196 g/mol. The van der Waals surface area contributed by atoms with Crippen LogP contribution in [0.2, 0.25) is 0 Å². The average molecular weight is 208 g/mol. The maximum absolute atomic E-state index is 4.34. The van der Waals surface area contributed by atoms with E-state index in [1.54, 1.807) is 0 Å². The number of pyridine rings is 1. The fourth-order valence-electron chi connectivity index (χ4n) is 1.97. The van der Waals surface area contributed by atoms with Gasteiger partial charge in [-0.3, -0.25) is 0 Å². The van der Waals surface area contributed by atoms with E-state index in [4.69, 9.17) is 0 Å². The number of rotatable bonds is 1. The third kappa shape index (κ3) is 1.39. The predicted octanol–water partition coefficient (Wildman–Crippen LogP) is 3.31. The molecule has 0 aliphatic heterocycles. The maximum Gasteiger partial charge on any atom is 0.0740 e. The molecule has 2 heterocycles. The van der Waals surface area contributed by atoms with Crippen LogP contribution in [0.5, 0.6) is 0 Å². The molecule has 3 rings (SSSR count). The number of hydrogen-bond acceptors (Lipinski definition) is 1. The molecule has 16 heavy (non-hydrogen) atoms. The van der Waals surface area contributed by atoms with E-state index in [9.17, 15) is 0 Å². The van der Waals surface area contributed by atoms with Crippen LogP contribution in [0, 0.1) is 6.92 Å². The summed E-state index contributed by atoms with van der Waals surface area (Å²) in [6, 6.07) is 14.6. The molecule has 0 aliphatic rings. The summed E-state index contributed by atoms with van der Waals surface area (Å²) in [4.78, 5) is 0. The third-order valence-electron chi connectivity index (χ3n) is 2.76. The van der Waals surface area contributed by atoms with Crippen LogP contribution in [0.3, 0.4) is 0 Å². The Bertz CT molecular complexity index is 638. The Morgan fingerprint density at radius 2 is 2.00 bits per heavy atom. The summed E-state index contributed by atoms with van der Waals surface area (Å²) in [6.45, 7) is 2.11. The van der Waals surface area contributed by atoms with Gasteiger partial charge in [0.05, 0.1) is 11.7 Å². The predicted molar refractivity (Wildman–Crippen MR) is 65.4 cm³/mol. The van der Waals surface area contributed by atoms with Gasteiger partial charge >= 0.3 is 0 Å². The van der Waals surface area contributed by atoms with Crippen LogP contribution in [0.4, 0.5) is 0 Å². The minimum Gasteiger partial charge on any atom is -0.240 e. The minimum absolute atomic E-state index is 1.15. The van der Waals surface area contributed by atoms with Gasteiger partial charge < -0.3 is 0 Å². The Balaban J connectivity index is 2.26. The number of aryl methyl sites for hydroxylation is 1. The highest BCUT2D eigenvalue weighted by Gasteiger charge is 2.05. The second kappa shape index (κ2) is 3.49. The van der Waals surface area contributed by atoms with Gasteiger partial charge in [-0.2, -0.15) is 5.10 Å². The number of hydrogen-bond donors (Lipinski definition) is 0. The first-order valence-electron chi connectivity index (χ1n) is 5.34. The Morgan fingerprint density at radius 3 is 2.88 bits per heavy atom.